The lowest BCUT2D eigenvalue weighted by Crippen LogP contribution is -2.17. The van der Waals surface area contributed by atoms with Crippen LogP contribution in [-0.4, -0.2) is 25.3 Å². The number of nitrogens with zero attached hydrogens (tertiary/aromatic N) is 1. The maximum absolute atomic E-state index is 12.7. The Balaban J connectivity index is 1.57. The molecule has 0 fully saturated rings. The normalized spacial score (nSPS) is 13.8. The van der Waals surface area contributed by atoms with Crippen LogP contribution in [0.25, 0.3) is 6.08 Å². The first-order valence-electron chi connectivity index (χ1n) is 7.83. The molecule has 0 spiro atoms. The third-order valence-corrected chi connectivity index (χ3v) is 3.83. The molecule has 1 aliphatic rings. The zero-order chi connectivity index (χ0) is 17.9. The van der Waals surface area contributed by atoms with E-state index in [1.54, 1.807) is 12.1 Å². The Morgan fingerprint density at radius 1 is 1.08 bits per heavy atom. The number of ether oxygens (including phenoxy) is 2. The summed E-state index contributed by atoms with van der Waals surface area (Å²) >= 11 is 0. The highest BCUT2D eigenvalue weighted by Gasteiger charge is 2.30. The van der Waals surface area contributed by atoms with Crippen molar-refractivity contribution in [3.63, 3.8) is 0 Å². The topological polar surface area (TPSA) is 21.7 Å². The number of hydrogen-bond donors (Lipinski definition) is 0. The summed E-state index contributed by atoms with van der Waals surface area (Å²) in [7, 11) is 1.95. The van der Waals surface area contributed by atoms with Crippen LogP contribution in [-0.2, 0) is 12.7 Å². The summed E-state index contributed by atoms with van der Waals surface area (Å²) in [6, 6.07) is 11.1. The minimum Gasteiger partial charge on any atom is -0.454 e. The van der Waals surface area contributed by atoms with Gasteiger partial charge in [-0.15, -0.1) is 0 Å². The van der Waals surface area contributed by atoms with E-state index in [0.717, 1.165) is 29.2 Å². The van der Waals surface area contributed by atoms with Gasteiger partial charge < -0.3 is 9.47 Å². The lowest BCUT2D eigenvalue weighted by molar-refractivity contribution is -0.137. The SMILES string of the molecule is CN(C/C=C/c1cccc(C(F)(F)F)c1)Cc1ccc2c(c1)OCO2. The number of likely N-dealkylation sites (N-methyl/N-ethyl adjacent to an activating group) is 1. The Bertz CT molecular complexity index is 772. The van der Waals surface area contributed by atoms with Gasteiger partial charge in [-0.25, -0.2) is 0 Å². The van der Waals surface area contributed by atoms with Crippen molar-refractivity contribution in [2.24, 2.45) is 0 Å². The van der Waals surface area contributed by atoms with E-state index in [-0.39, 0.29) is 6.79 Å². The van der Waals surface area contributed by atoms with E-state index in [0.29, 0.717) is 18.7 Å². The molecule has 0 radical (unpaired) electrons. The predicted molar refractivity (Wildman–Crippen MR) is 89.4 cm³/mol. The van der Waals surface area contributed by atoms with E-state index < -0.39 is 11.7 Å². The van der Waals surface area contributed by atoms with Crippen molar-refractivity contribution in [3.8, 4) is 11.5 Å². The number of alkyl halides is 3. The van der Waals surface area contributed by atoms with Crippen molar-refractivity contribution >= 4 is 6.08 Å². The van der Waals surface area contributed by atoms with Crippen molar-refractivity contribution in [1.29, 1.82) is 0 Å². The Morgan fingerprint density at radius 2 is 1.88 bits per heavy atom. The molecule has 1 aliphatic heterocycles. The highest BCUT2D eigenvalue weighted by molar-refractivity contribution is 5.51. The van der Waals surface area contributed by atoms with Gasteiger partial charge in [0.1, 0.15) is 0 Å². The van der Waals surface area contributed by atoms with Crippen LogP contribution in [0.3, 0.4) is 0 Å². The van der Waals surface area contributed by atoms with Gasteiger partial charge >= 0.3 is 6.18 Å². The molecule has 0 saturated heterocycles. The van der Waals surface area contributed by atoms with E-state index in [9.17, 15) is 13.2 Å². The molecular formula is C19H18F3NO2. The quantitative estimate of drug-likeness (QED) is 0.789. The second-order valence-corrected chi connectivity index (χ2v) is 5.91. The summed E-state index contributed by atoms with van der Waals surface area (Å²) < 4.78 is 48.7. The molecule has 25 heavy (non-hydrogen) atoms. The maximum atomic E-state index is 12.7. The molecule has 0 saturated carbocycles. The summed E-state index contributed by atoms with van der Waals surface area (Å²) in [5, 5.41) is 0. The molecule has 2 aromatic carbocycles. The molecule has 0 atom stereocenters. The minimum absolute atomic E-state index is 0.244. The monoisotopic (exact) mass is 349 g/mol. The molecular weight excluding hydrogens is 331 g/mol. The molecule has 0 aliphatic carbocycles. The fourth-order valence-electron chi connectivity index (χ4n) is 2.60. The van der Waals surface area contributed by atoms with Gasteiger partial charge in [0.25, 0.3) is 0 Å². The Kier molecular flexibility index (Phi) is 4.99. The van der Waals surface area contributed by atoms with Gasteiger partial charge in [0.2, 0.25) is 6.79 Å². The average Bonchev–Trinajstić information content (AvgIpc) is 3.02. The number of hydrogen-bond acceptors (Lipinski definition) is 3. The number of halogens is 3. The van der Waals surface area contributed by atoms with Crippen LogP contribution in [0.2, 0.25) is 0 Å². The molecule has 3 nitrogen and oxygen atoms in total. The van der Waals surface area contributed by atoms with Gasteiger partial charge in [-0.05, 0) is 42.4 Å². The molecule has 2 aromatic rings. The average molecular weight is 349 g/mol. The van der Waals surface area contributed by atoms with Gasteiger partial charge in [0, 0.05) is 13.1 Å². The van der Waals surface area contributed by atoms with E-state index in [1.807, 2.05) is 31.3 Å². The van der Waals surface area contributed by atoms with E-state index in [1.165, 1.54) is 6.07 Å². The summed E-state index contributed by atoms with van der Waals surface area (Å²) in [6.45, 7) is 1.56. The van der Waals surface area contributed by atoms with Gasteiger partial charge in [-0.1, -0.05) is 30.4 Å². The summed E-state index contributed by atoms with van der Waals surface area (Å²) in [6.07, 6.45) is -0.770. The lowest BCUT2D eigenvalue weighted by atomic mass is 10.1. The van der Waals surface area contributed by atoms with Crippen LogP contribution in [0.1, 0.15) is 16.7 Å². The zero-order valence-corrected chi connectivity index (χ0v) is 13.7. The molecule has 0 aromatic heterocycles. The molecule has 132 valence electrons. The van der Waals surface area contributed by atoms with Crippen molar-refractivity contribution in [2.75, 3.05) is 20.4 Å². The third-order valence-electron chi connectivity index (χ3n) is 3.83. The van der Waals surface area contributed by atoms with E-state index in [4.69, 9.17) is 9.47 Å². The van der Waals surface area contributed by atoms with Crippen LogP contribution in [0, 0.1) is 0 Å². The van der Waals surface area contributed by atoms with Crippen LogP contribution in [0.4, 0.5) is 13.2 Å². The third kappa shape index (κ3) is 4.54. The second-order valence-electron chi connectivity index (χ2n) is 5.91. The first-order chi connectivity index (χ1) is 11.9. The molecule has 0 bridgehead atoms. The highest BCUT2D eigenvalue weighted by atomic mass is 19.4. The lowest BCUT2D eigenvalue weighted by Gasteiger charge is -2.14. The van der Waals surface area contributed by atoms with E-state index in [2.05, 4.69) is 4.90 Å². The fraction of sp³-hybridized carbons (Fsp3) is 0.263. The molecule has 3 rings (SSSR count). The maximum Gasteiger partial charge on any atom is 0.416 e. The Hall–Kier alpha value is -2.47. The molecule has 0 N–H and O–H groups in total. The van der Waals surface area contributed by atoms with Gasteiger partial charge in [-0.2, -0.15) is 13.2 Å². The van der Waals surface area contributed by atoms with E-state index >= 15 is 0 Å². The van der Waals surface area contributed by atoms with Crippen LogP contribution in [0.5, 0.6) is 11.5 Å². The first-order valence-corrected chi connectivity index (χ1v) is 7.83. The summed E-state index contributed by atoms with van der Waals surface area (Å²) in [5.74, 6) is 1.49. The smallest absolute Gasteiger partial charge is 0.416 e. The molecule has 0 unspecified atom stereocenters. The summed E-state index contributed by atoms with van der Waals surface area (Å²) in [5.41, 5.74) is 0.980. The summed E-state index contributed by atoms with van der Waals surface area (Å²) in [4.78, 5) is 2.06. The van der Waals surface area contributed by atoms with Gasteiger partial charge in [-0.3, -0.25) is 4.90 Å². The van der Waals surface area contributed by atoms with Crippen molar-refractivity contribution in [1.82, 2.24) is 4.90 Å². The Morgan fingerprint density at radius 3 is 2.68 bits per heavy atom. The zero-order valence-electron chi connectivity index (χ0n) is 13.7. The largest absolute Gasteiger partial charge is 0.454 e. The second kappa shape index (κ2) is 7.19. The predicted octanol–water partition coefficient (Wildman–Crippen LogP) is 4.58. The molecule has 6 heteroatoms. The first kappa shape index (κ1) is 17.4. The van der Waals surface area contributed by atoms with Crippen molar-refractivity contribution in [3.05, 3.63) is 65.2 Å². The van der Waals surface area contributed by atoms with Crippen LogP contribution < -0.4 is 9.47 Å². The number of rotatable bonds is 5. The Labute approximate surface area is 144 Å². The fourth-order valence-corrected chi connectivity index (χ4v) is 2.60. The number of benzene rings is 2. The van der Waals surface area contributed by atoms with Crippen molar-refractivity contribution < 1.29 is 22.6 Å². The van der Waals surface area contributed by atoms with Gasteiger partial charge in [0.05, 0.1) is 5.56 Å². The molecule has 1 heterocycles. The van der Waals surface area contributed by atoms with Crippen LogP contribution in [0.15, 0.2) is 48.5 Å². The molecule has 0 amide bonds. The van der Waals surface area contributed by atoms with Gasteiger partial charge in [0.15, 0.2) is 11.5 Å². The highest BCUT2D eigenvalue weighted by Crippen LogP contribution is 2.33. The van der Waals surface area contributed by atoms with Crippen molar-refractivity contribution in [2.45, 2.75) is 12.7 Å². The minimum atomic E-state index is -4.32. The standard InChI is InChI=1S/C19H18F3NO2/c1-23(12-15-7-8-17-18(11-15)25-13-24-17)9-3-5-14-4-2-6-16(10-14)19(20,21)22/h2-8,10-11H,9,12-13H2,1H3/b5-3+. The van der Waals surface area contributed by atoms with Crippen LogP contribution >= 0.6 is 0 Å². The number of fused-ring (bicyclic) bond motifs is 1.